The third-order valence-corrected chi connectivity index (χ3v) is 4.27. The smallest absolute Gasteiger partial charge is 0.261 e. The first-order chi connectivity index (χ1) is 11.3. The van der Waals surface area contributed by atoms with Crippen molar-refractivity contribution in [2.45, 2.75) is 53.7 Å². The van der Waals surface area contributed by atoms with Crippen molar-refractivity contribution in [2.75, 3.05) is 0 Å². The summed E-state index contributed by atoms with van der Waals surface area (Å²) in [6.45, 7) is 12.0. The van der Waals surface area contributed by atoms with E-state index >= 15 is 0 Å². The summed E-state index contributed by atoms with van der Waals surface area (Å²) in [7, 11) is 0. The van der Waals surface area contributed by atoms with E-state index in [0.717, 1.165) is 22.4 Å². The second-order valence-electron chi connectivity index (χ2n) is 6.66. The zero-order valence-corrected chi connectivity index (χ0v) is 15.4. The van der Waals surface area contributed by atoms with E-state index in [2.05, 4.69) is 43.4 Å². The number of rotatable bonds is 5. The number of aryl methyl sites for hydroxylation is 4. The molecule has 0 radical (unpaired) electrons. The lowest BCUT2D eigenvalue weighted by atomic mass is 10.0. The average Bonchev–Trinajstić information content (AvgIpc) is 2.48. The van der Waals surface area contributed by atoms with Crippen molar-refractivity contribution in [2.24, 2.45) is 0 Å². The summed E-state index contributed by atoms with van der Waals surface area (Å²) < 4.78 is 5.81. The van der Waals surface area contributed by atoms with E-state index in [9.17, 15) is 4.79 Å². The molecule has 0 heterocycles. The van der Waals surface area contributed by atoms with Gasteiger partial charge in [-0.2, -0.15) is 0 Å². The molecule has 0 saturated carbocycles. The van der Waals surface area contributed by atoms with Crippen LogP contribution in [0.3, 0.4) is 0 Å². The predicted octanol–water partition coefficient (Wildman–Crippen LogP) is 4.56. The van der Waals surface area contributed by atoms with Crippen molar-refractivity contribution in [3.63, 3.8) is 0 Å². The maximum atomic E-state index is 12.4. The van der Waals surface area contributed by atoms with Crippen LogP contribution in [0.25, 0.3) is 0 Å². The number of benzene rings is 2. The van der Waals surface area contributed by atoms with Crippen LogP contribution in [-0.4, -0.2) is 12.0 Å². The van der Waals surface area contributed by atoms with Gasteiger partial charge in [0.25, 0.3) is 5.91 Å². The highest BCUT2D eigenvalue weighted by Gasteiger charge is 2.18. The summed E-state index contributed by atoms with van der Waals surface area (Å²) in [5.41, 5.74) is 5.84. The van der Waals surface area contributed by atoms with Gasteiger partial charge < -0.3 is 10.1 Å². The van der Waals surface area contributed by atoms with Crippen LogP contribution in [-0.2, 0) is 4.79 Å². The fourth-order valence-corrected chi connectivity index (χ4v) is 2.71. The Morgan fingerprint density at radius 1 is 0.917 bits per heavy atom. The molecule has 2 atom stereocenters. The normalized spacial score (nSPS) is 13.2. The molecule has 2 aromatic carbocycles. The number of amides is 1. The molecule has 3 heteroatoms. The van der Waals surface area contributed by atoms with Crippen molar-refractivity contribution < 1.29 is 9.53 Å². The van der Waals surface area contributed by atoms with Gasteiger partial charge in [-0.25, -0.2) is 0 Å². The van der Waals surface area contributed by atoms with Gasteiger partial charge in [0.05, 0.1) is 6.04 Å². The van der Waals surface area contributed by atoms with Gasteiger partial charge in [0, 0.05) is 0 Å². The predicted molar refractivity (Wildman–Crippen MR) is 98.5 cm³/mol. The average molecular weight is 325 g/mol. The molecule has 2 rings (SSSR count). The first-order valence-corrected chi connectivity index (χ1v) is 8.38. The molecule has 0 aliphatic heterocycles. The molecule has 0 bridgehead atoms. The van der Waals surface area contributed by atoms with Gasteiger partial charge in [0.2, 0.25) is 0 Å². The molecule has 0 aliphatic carbocycles. The van der Waals surface area contributed by atoms with E-state index in [1.807, 2.05) is 32.9 Å². The van der Waals surface area contributed by atoms with Gasteiger partial charge in [-0.05, 0) is 81.5 Å². The highest BCUT2D eigenvalue weighted by Crippen LogP contribution is 2.19. The third-order valence-electron chi connectivity index (χ3n) is 4.27. The first-order valence-electron chi connectivity index (χ1n) is 8.38. The Kier molecular flexibility index (Phi) is 5.66. The summed E-state index contributed by atoms with van der Waals surface area (Å²) in [4.78, 5) is 12.4. The van der Waals surface area contributed by atoms with Crippen molar-refractivity contribution in [1.82, 2.24) is 5.32 Å². The molecule has 24 heavy (non-hydrogen) atoms. The Labute approximate surface area is 145 Å². The Balaban J connectivity index is 2.01. The number of nitrogens with one attached hydrogen (secondary N) is 1. The number of hydrogen-bond acceptors (Lipinski definition) is 2. The molecule has 3 nitrogen and oxygen atoms in total. The molecule has 1 N–H and O–H groups in total. The molecule has 1 amide bonds. The van der Waals surface area contributed by atoms with Gasteiger partial charge in [0.1, 0.15) is 5.75 Å². The number of ether oxygens (including phenoxy) is 1. The monoisotopic (exact) mass is 325 g/mol. The van der Waals surface area contributed by atoms with Crippen molar-refractivity contribution >= 4 is 5.91 Å². The van der Waals surface area contributed by atoms with E-state index in [1.54, 1.807) is 6.92 Å². The van der Waals surface area contributed by atoms with Gasteiger partial charge in [0.15, 0.2) is 6.10 Å². The summed E-state index contributed by atoms with van der Waals surface area (Å²) in [5.74, 6) is 0.619. The van der Waals surface area contributed by atoms with Crippen molar-refractivity contribution in [3.8, 4) is 5.75 Å². The molecule has 2 aromatic rings. The topological polar surface area (TPSA) is 38.3 Å². The Hall–Kier alpha value is -2.29. The molecular formula is C21H27NO2. The molecule has 128 valence electrons. The van der Waals surface area contributed by atoms with Crippen LogP contribution in [0.4, 0.5) is 0 Å². The zero-order chi connectivity index (χ0) is 17.9. The Morgan fingerprint density at radius 3 is 2.12 bits per heavy atom. The van der Waals surface area contributed by atoms with Crippen LogP contribution < -0.4 is 10.1 Å². The van der Waals surface area contributed by atoms with Gasteiger partial charge in [-0.15, -0.1) is 0 Å². The quantitative estimate of drug-likeness (QED) is 0.875. The molecule has 2 unspecified atom stereocenters. The first kappa shape index (κ1) is 18.1. The van der Waals surface area contributed by atoms with Crippen LogP contribution in [0, 0.1) is 27.7 Å². The minimum absolute atomic E-state index is 0.0536. The highest BCUT2D eigenvalue weighted by atomic mass is 16.5. The van der Waals surface area contributed by atoms with Gasteiger partial charge in [-0.3, -0.25) is 4.79 Å². The zero-order valence-electron chi connectivity index (χ0n) is 15.4. The van der Waals surface area contributed by atoms with Gasteiger partial charge in [-0.1, -0.05) is 24.3 Å². The molecule has 0 aliphatic rings. The molecule has 0 fully saturated rings. The lowest BCUT2D eigenvalue weighted by Crippen LogP contribution is -2.37. The second kappa shape index (κ2) is 7.52. The van der Waals surface area contributed by atoms with Gasteiger partial charge >= 0.3 is 0 Å². The SMILES string of the molecule is Cc1cc(C)cc(OC(C)C(=O)NC(C)c2ccc(C)c(C)c2)c1. The Morgan fingerprint density at radius 2 is 1.54 bits per heavy atom. The van der Waals surface area contributed by atoms with Crippen LogP contribution in [0.5, 0.6) is 5.75 Å². The largest absolute Gasteiger partial charge is 0.481 e. The lowest BCUT2D eigenvalue weighted by Gasteiger charge is -2.20. The van der Waals surface area contributed by atoms with Crippen LogP contribution in [0.15, 0.2) is 36.4 Å². The second-order valence-corrected chi connectivity index (χ2v) is 6.66. The third kappa shape index (κ3) is 4.60. The maximum Gasteiger partial charge on any atom is 0.261 e. The molecular weight excluding hydrogens is 298 g/mol. The van der Waals surface area contributed by atoms with Crippen molar-refractivity contribution in [3.05, 3.63) is 64.2 Å². The minimum atomic E-state index is -0.541. The maximum absolute atomic E-state index is 12.4. The number of carbonyl (C=O) groups excluding carboxylic acids is 1. The molecule has 0 aromatic heterocycles. The summed E-state index contributed by atoms with van der Waals surface area (Å²) >= 11 is 0. The summed E-state index contributed by atoms with van der Waals surface area (Å²) in [6, 6.07) is 12.2. The van der Waals surface area contributed by atoms with E-state index < -0.39 is 6.10 Å². The minimum Gasteiger partial charge on any atom is -0.481 e. The highest BCUT2D eigenvalue weighted by molar-refractivity contribution is 5.81. The summed E-state index contributed by atoms with van der Waals surface area (Å²) in [6.07, 6.45) is -0.541. The van der Waals surface area contributed by atoms with E-state index in [1.165, 1.54) is 11.1 Å². The fraction of sp³-hybridized carbons (Fsp3) is 0.381. The summed E-state index contributed by atoms with van der Waals surface area (Å²) in [5, 5.41) is 3.03. The number of hydrogen-bond donors (Lipinski definition) is 1. The lowest BCUT2D eigenvalue weighted by molar-refractivity contribution is -0.127. The Bertz CT molecular complexity index is 716. The van der Waals surface area contributed by atoms with Crippen LogP contribution in [0.1, 0.15) is 47.7 Å². The van der Waals surface area contributed by atoms with E-state index in [-0.39, 0.29) is 11.9 Å². The fourth-order valence-electron chi connectivity index (χ4n) is 2.71. The standard InChI is InChI=1S/C21H27NO2/c1-13-9-14(2)11-20(10-13)24-18(6)21(23)22-17(5)19-8-7-15(3)16(4)12-19/h7-12,17-18H,1-6H3,(H,22,23). The van der Waals surface area contributed by atoms with E-state index in [4.69, 9.17) is 4.74 Å². The molecule has 0 saturated heterocycles. The van der Waals surface area contributed by atoms with Crippen LogP contribution >= 0.6 is 0 Å². The van der Waals surface area contributed by atoms with Crippen molar-refractivity contribution in [1.29, 1.82) is 0 Å². The number of carbonyl (C=O) groups is 1. The molecule has 0 spiro atoms. The van der Waals surface area contributed by atoms with Crippen LogP contribution in [0.2, 0.25) is 0 Å². The van der Waals surface area contributed by atoms with E-state index in [0.29, 0.717) is 0 Å².